The number of aromatic nitrogens is 1. The Labute approximate surface area is 203 Å². The maximum atomic E-state index is 12.9. The van der Waals surface area contributed by atoms with Crippen molar-refractivity contribution in [1.29, 1.82) is 0 Å². The number of aliphatic imine (C=N–C) groups is 1. The Bertz CT molecular complexity index is 1320. The molecule has 2 unspecified atom stereocenters. The van der Waals surface area contributed by atoms with Crippen LogP contribution in [0.5, 0.6) is 0 Å². The van der Waals surface area contributed by atoms with Gasteiger partial charge >= 0.3 is 11.9 Å². The maximum Gasteiger partial charge on any atom is 0.336 e. The fourth-order valence-electron chi connectivity index (χ4n) is 4.52. The SMILES string of the molecule is COC(=O)C1=C(C)N=C(C)C(C(=O)OC)C1c1ccccc1-c1nc(-c2ccccc2C)cs1. The van der Waals surface area contributed by atoms with Gasteiger partial charge in [-0.05, 0) is 31.9 Å². The van der Waals surface area contributed by atoms with Crippen LogP contribution in [0.1, 0.15) is 30.9 Å². The predicted octanol–water partition coefficient (Wildman–Crippen LogP) is 5.58. The monoisotopic (exact) mass is 474 g/mol. The lowest BCUT2D eigenvalue weighted by Gasteiger charge is -2.32. The number of benzene rings is 2. The molecular weight excluding hydrogens is 448 g/mol. The van der Waals surface area contributed by atoms with E-state index < -0.39 is 23.8 Å². The van der Waals surface area contributed by atoms with Crippen molar-refractivity contribution < 1.29 is 19.1 Å². The van der Waals surface area contributed by atoms with Crippen molar-refractivity contribution in [2.45, 2.75) is 26.7 Å². The molecule has 0 N–H and O–H groups in total. The zero-order valence-corrected chi connectivity index (χ0v) is 20.6. The molecule has 34 heavy (non-hydrogen) atoms. The number of ether oxygens (including phenoxy) is 2. The summed E-state index contributed by atoms with van der Waals surface area (Å²) in [5.41, 5.74) is 6.24. The largest absolute Gasteiger partial charge is 0.468 e. The molecule has 4 rings (SSSR count). The topological polar surface area (TPSA) is 77.8 Å². The first-order valence-electron chi connectivity index (χ1n) is 10.9. The first kappa shape index (κ1) is 23.6. The predicted molar refractivity (Wildman–Crippen MR) is 134 cm³/mol. The number of carbonyl (C=O) groups is 2. The molecule has 1 aromatic heterocycles. The van der Waals surface area contributed by atoms with Gasteiger partial charge in [0.2, 0.25) is 0 Å². The molecule has 174 valence electrons. The minimum absolute atomic E-state index is 0.353. The Balaban J connectivity index is 1.89. The normalized spacial score (nSPS) is 17.9. The van der Waals surface area contributed by atoms with Crippen LogP contribution < -0.4 is 0 Å². The minimum Gasteiger partial charge on any atom is -0.468 e. The summed E-state index contributed by atoms with van der Waals surface area (Å²) in [6.07, 6.45) is 0. The summed E-state index contributed by atoms with van der Waals surface area (Å²) < 4.78 is 10.2. The van der Waals surface area contributed by atoms with E-state index in [0.29, 0.717) is 17.0 Å². The fourth-order valence-corrected chi connectivity index (χ4v) is 5.39. The Hall–Kier alpha value is -3.58. The summed E-state index contributed by atoms with van der Waals surface area (Å²) in [7, 11) is 2.68. The van der Waals surface area contributed by atoms with E-state index in [4.69, 9.17) is 14.5 Å². The average molecular weight is 475 g/mol. The van der Waals surface area contributed by atoms with Gasteiger partial charge < -0.3 is 9.47 Å². The van der Waals surface area contributed by atoms with Gasteiger partial charge in [-0.2, -0.15) is 0 Å². The van der Waals surface area contributed by atoms with Crippen LogP contribution in [0.15, 0.2) is 70.2 Å². The van der Waals surface area contributed by atoms with Gasteiger partial charge in [0, 0.05) is 33.8 Å². The Morgan fingerprint density at radius 2 is 1.59 bits per heavy atom. The number of hydrogen-bond donors (Lipinski definition) is 0. The Morgan fingerprint density at radius 3 is 2.26 bits per heavy atom. The van der Waals surface area contributed by atoms with Gasteiger partial charge in [-0.25, -0.2) is 9.78 Å². The van der Waals surface area contributed by atoms with Gasteiger partial charge in [-0.3, -0.25) is 9.79 Å². The highest BCUT2D eigenvalue weighted by atomic mass is 32.1. The fraction of sp³-hybridized carbons (Fsp3) is 0.259. The molecule has 1 aliphatic heterocycles. The van der Waals surface area contributed by atoms with Crippen molar-refractivity contribution in [3.8, 4) is 21.8 Å². The highest BCUT2D eigenvalue weighted by molar-refractivity contribution is 7.13. The van der Waals surface area contributed by atoms with Crippen LogP contribution in [0, 0.1) is 12.8 Å². The molecule has 1 aliphatic rings. The second-order valence-electron chi connectivity index (χ2n) is 8.16. The van der Waals surface area contributed by atoms with Gasteiger partial charge in [0.1, 0.15) is 10.9 Å². The Morgan fingerprint density at radius 1 is 0.912 bits per heavy atom. The van der Waals surface area contributed by atoms with Crippen LogP contribution in [0.3, 0.4) is 0 Å². The van der Waals surface area contributed by atoms with Crippen LogP contribution in [-0.4, -0.2) is 36.9 Å². The summed E-state index contributed by atoms with van der Waals surface area (Å²) >= 11 is 1.53. The molecule has 7 heteroatoms. The van der Waals surface area contributed by atoms with Gasteiger partial charge in [-0.1, -0.05) is 48.5 Å². The molecule has 0 bridgehead atoms. The van der Waals surface area contributed by atoms with Gasteiger partial charge in [0.05, 0.1) is 25.5 Å². The Kier molecular flexibility index (Phi) is 6.75. The van der Waals surface area contributed by atoms with Crippen molar-refractivity contribution >= 4 is 29.0 Å². The van der Waals surface area contributed by atoms with Crippen molar-refractivity contribution in [2.24, 2.45) is 10.9 Å². The first-order valence-corrected chi connectivity index (χ1v) is 11.8. The van der Waals surface area contributed by atoms with E-state index in [9.17, 15) is 9.59 Å². The van der Waals surface area contributed by atoms with Gasteiger partial charge in [-0.15, -0.1) is 11.3 Å². The number of thiazole rings is 1. The van der Waals surface area contributed by atoms with Crippen molar-refractivity contribution in [2.75, 3.05) is 14.2 Å². The number of esters is 2. The van der Waals surface area contributed by atoms with E-state index in [0.717, 1.165) is 33.0 Å². The molecular formula is C27H26N2O4S. The molecule has 0 fully saturated rings. The molecule has 3 aromatic rings. The third kappa shape index (κ3) is 4.19. The molecule has 0 spiro atoms. The van der Waals surface area contributed by atoms with Gasteiger partial charge in [0.15, 0.2) is 0 Å². The standard InChI is InChI=1S/C27H26N2O4S/c1-15-10-6-7-11-18(15)21-14-34-25(29-21)20-13-9-8-12-19(20)24-22(26(30)32-4)16(2)28-17(3)23(24)27(31)33-5/h6-14,22,24H,1-5H3. The zero-order chi connectivity index (χ0) is 24.4. The average Bonchev–Trinajstić information content (AvgIpc) is 3.33. The summed E-state index contributed by atoms with van der Waals surface area (Å²) in [5.74, 6) is -2.32. The molecule has 0 saturated heterocycles. The minimum atomic E-state index is -0.750. The molecule has 6 nitrogen and oxygen atoms in total. The smallest absolute Gasteiger partial charge is 0.336 e. The molecule has 2 aromatic carbocycles. The summed E-state index contributed by atoms with van der Waals surface area (Å²) in [5, 5.41) is 2.83. The number of allylic oxidation sites excluding steroid dienone is 1. The highest BCUT2D eigenvalue weighted by Crippen LogP contribution is 2.44. The maximum absolute atomic E-state index is 12.9. The second-order valence-corrected chi connectivity index (χ2v) is 9.02. The lowest BCUT2D eigenvalue weighted by atomic mass is 9.74. The summed E-state index contributed by atoms with van der Waals surface area (Å²) in [4.78, 5) is 35.2. The van der Waals surface area contributed by atoms with Crippen molar-refractivity contribution in [1.82, 2.24) is 4.98 Å². The molecule has 0 aliphatic carbocycles. The number of nitrogens with zero attached hydrogens (tertiary/aromatic N) is 2. The summed E-state index contributed by atoms with van der Waals surface area (Å²) in [6.45, 7) is 5.61. The molecule has 2 heterocycles. The van der Waals surface area contributed by atoms with E-state index in [1.165, 1.54) is 25.6 Å². The molecule has 0 amide bonds. The number of methoxy groups -OCH3 is 2. The summed E-state index contributed by atoms with van der Waals surface area (Å²) in [6, 6.07) is 15.8. The van der Waals surface area contributed by atoms with Crippen LogP contribution >= 0.6 is 11.3 Å². The molecule has 0 saturated carbocycles. The molecule has 2 atom stereocenters. The number of rotatable bonds is 5. The van der Waals surface area contributed by atoms with E-state index in [-0.39, 0.29) is 0 Å². The quantitative estimate of drug-likeness (QED) is 0.451. The third-order valence-corrected chi connectivity index (χ3v) is 7.02. The second kappa shape index (κ2) is 9.73. The van der Waals surface area contributed by atoms with Crippen LogP contribution in [0.25, 0.3) is 21.8 Å². The van der Waals surface area contributed by atoms with E-state index in [1.807, 2.05) is 41.8 Å². The number of carbonyl (C=O) groups excluding carboxylic acids is 2. The van der Waals surface area contributed by atoms with E-state index in [2.05, 4.69) is 24.0 Å². The highest BCUT2D eigenvalue weighted by Gasteiger charge is 2.43. The van der Waals surface area contributed by atoms with E-state index >= 15 is 0 Å². The third-order valence-electron chi connectivity index (χ3n) is 6.14. The number of aryl methyl sites for hydroxylation is 1. The van der Waals surface area contributed by atoms with E-state index in [1.54, 1.807) is 13.8 Å². The van der Waals surface area contributed by atoms with Gasteiger partial charge in [0.25, 0.3) is 0 Å². The van der Waals surface area contributed by atoms with Crippen LogP contribution in [-0.2, 0) is 19.1 Å². The van der Waals surface area contributed by atoms with Crippen molar-refractivity contribution in [3.05, 3.63) is 76.3 Å². The van der Waals surface area contributed by atoms with Crippen molar-refractivity contribution in [3.63, 3.8) is 0 Å². The van der Waals surface area contributed by atoms with Crippen LogP contribution in [0.2, 0.25) is 0 Å². The zero-order valence-electron chi connectivity index (χ0n) is 19.8. The number of hydrogen-bond acceptors (Lipinski definition) is 7. The first-order chi connectivity index (χ1) is 16.4. The lowest BCUT2D eigenvalue weighted by molar-refractivity contribution is -0.143. The molecule has 0 radical (unpaired) electrons. The van der Waals surface area contributed by atoms with Crippen LogP contribution in [0.4, 0.5) is 0 Å². The lowest BCUT2D eigenvalue weighted by Crippen LogP contribution is -2.36.